The Morgan fingerprint density at radius 2 is 1.83 bits per heavy atom. The van der Waals surface area contributed by atoms with Crippen LogP contribution in [0.15, 0.2) is 36.7 Å². The molecule has 0 aliphatic carbocycles. The summed E-state index contributed by atoms with van der Waals surface area (Å²) >= 11 is 6.27. The van der Waals surface area contributed by atoms with Gasteiger partial charge in [0.1, 0.15) is 5.15 Å². The highest BCUT2D eigenvalue weighted by Crippen LogP contribution is 2.33. The third-order valence-corrected chi connectivity index (χ3v) is 3.57. The van der Waals surface area contributed by atoms with E-state index in [2.05, 4.69) is 15.0 Å². The molecule has 0 saturated heterocycles. The summed E-state index contributed by atoms with van der Waals surface area (Å²) in [5.74, 6) is 1.69. The highest BCUT2D eigenvalue weighted by molar-refractivity contribution is 6.34. The smallest absolute Gasteiger partial charge is 0.162 e. The number of methoxy groups -OCH3 is 2. The molecule has 0 amide bonds. The molecule has 23 heavy (non-hydrogen) atoms. The Kier molecular flexibility index (Phi) is 4.39. The monoisotopic (exact) mass is 327 g/mol. The number of nitrogens with zero attached hydrogens (tertiary/aromatic N) is 3. The Labute approximate surface area is 138 Å². The molecule has 0 bridgehead atoms. The van der Waals surface area contributed by atoms with Gasteiger partial charge >= 0.3 is 0 Å². The van der Waals surface area contributed by atoms with Crippen LogP contribution in [0.25, 0.3) is 23.1 Å². The van der Waals surface area contributed by atoms with Crippen molar-refractivity contribution in [1.82, 2.24) is 15.0 Å². The lowest BCUT2D eigenvalue weighted by Gasteiger charge is -2.09. The maximum Gasteiger partial charge on any atom is 0.162 e. The van der Waals surface area contributed by atoms with E-state index in [1.165, 1.54) is 0 Å². The molecule has 0 aliphatic heterocycles. The van der Waals surface area contributed by atoms with Crippen LogP contribution < -0.4 is 9.47 Å². The van der Waals surface area contributed by atoms with Gasteiger partial charge in [-0.25, -0.2) is 9.97 Å². The van der Waals surface area contributed by atoms with Gasteiger partial charge < -0.3 is 9.47 Å². The van der Waals surface area contributed by atoms with Gasteiger partial charge in [0.05, 0.1) is 19.7 Å². The normalized spacial score (nSPS) is 11.1. The molecule has 116 valence electrons. The third kappa shape index (κ3) is 3.24. The van der Waals surface area contributed by atoms with Crippen LogP contribution in [0.3, 0.4) is 0 Å². The molecule has 0 spiro atoms. The van der Waals surface area contributed by atoms with Crippen LogP contribution in [-0.4, -0.2) is 29.2 Å². The molecule has 3 aromatic rings. The van der Waals surface area contributed by atoms with E-state index >= 15 is 0 Å². The zero-order valence-electron chi connectivity index (χ0n) is 12.7. The standard InChI is InChI=1S/C17H14ClN3O2/c1-22-14-8-12-13(9-15(14)23-2)20-16(21-17(12)18)6-5-11-4-3-7-19-10-11/h3-10H,1-2H3. The first-order valence-corrected chi connectivity index (χ1v) is 7.26. The SMILES string of the molecule is COc1cc2nc(C=Cc3cccnc3)nc(Cl)c2cc1OC. The lowest BCUT2D eigenvalue weighted by molar-refractivity contribution is 0.356. The Bertz CT molecular complexity index is 867. The van der Waals surface area contributed by atoms with Crippen molar-refractivity contribution in [3.63, 3.8) is 0 Å². The molecule has 1 aromatic carbocycles. The quantitative estimate of drug-likeness (QED) is 0.681. The Morgan fingerprint density at radius 3 is 2.52 bits per heavy atom. The number of benzene rings is 1. The van der Waals surface area contributed by atoms with Gasteiger partial charge in [-0.2, -0.15) is 0 Å². The van der Waals surface area contributed by atoms with E-state index < -0.39 is 0 Å². The molecule has 0 radical (unpaired) electrons. The van der Waals surface area contributed by atoms with Gasteiger partial charge in [0.15, 0.2) is 17.3 Å². The van der Waals surface area contributed by atoms with Gasteiger partial charge in [0.2, 0.25) is 0 Å². The molecule has 0 N–H and O–H groups in total. The second kappa shape index (κ2) is 6.62. The van der Waals surface area contributed by atoms with Crippen LogP contribution in [0.2, 0.25) is 5.15 Å². The summed E-state index contributed by atoms with van der Waals surface area (Å²) in [5.41, 5.74) is 1.65. The largest absolute Gasteiger partial charge is 0.493 e. The van der Waals surface area contributed by atoms with Gasteiger partial charge in [0.25, 0.3) is 0 Å². The number of ether oxygens (including phenoxy) is 2. The fraction of sp³-hybridized carbons (Fsp3) is 0.118. The highest BCUT2D eigenvalue weighted by Gasteiger charge is 2.11. The molecule has 0 fully saturated rings. The summed E-state index contributed by atoms with van der Waals surface area (Å²) in [6.07, 6.45) is 7.15. The van der Waals surface area contributed by atoms with Gasteiger partial charge in [-0.1, -0.05) is 17.7 Å². The van der Waals surface area contributed by atoms with Crippen LogP contribution in [0.5, 0.6) is 11.5 Å². The number of hydrogen-bond donors (Lipinski definition) is 0. The summed E-state index contributed by atoms with van der Waals surface area (Å²) in [4.78, 5) is 12.9. The molecule has 6 heteroatoms. The van der Waals surface area contributed by atoms with Crippen molar-refractivity contribution in [2.24, 2.45) is 0 Å². The minimum absolute atomic E-state index is 0.363. The second-order valence-corrected chi connectivity index (χ2v) is 5.07. The molecule has 2 aromatic heterocycles. The van der Waals surface area contributed by atoms with Crippen LogP contribution in [0.1, 0.15) is 11.4 Å². The first kappa shape index (κ1) is 15.2. The predicted octanol–water partition coefficient (Wildman–Crippen LogP) is 3.87. The maximum absolute atomic E-state index is 6.27. The Balaban J connectivity index is 2.05. The van der Waals surface area contributed by atoms with E-state index in [0.29, 0.717) is 33.4 Å². The summed E-state index contributed by atoms with van der Waals surface area (Å²) in [5, 5.41) is 1.07. The van der Waals surface area contributed by atoms with E-state index in [1.54, 1.807) is 44.8 Å². The minimum atomic E-state index is 0.363. The third-order valence-electron chi connectivity index (χ3n) is 3.28. The topological polar surface area (TPSA) is 57.1 Å². The first-order chi connectivity index (χ1) is 11.2. The lowest BCUT2D eigenvalue weighted by atomic mass is 10.2. The molecule has 0 saturated carbocycles. The number of hydrogen-bond acceptors (Lipinski definition) is 5. The van der Waals surface area contributed by atoms with Crippen molar-refractivity contribution in [2.45, 2.75) is 0 Å². The Morgan fingerprint density at radius 1 is 1.04 bits per heavy atom. The summed E-state index contributed by atoms with van der Waals surface area (Å²) in [6, 6.07) is 7.36. The van der Waals surface area contributed by atoms with Crippen molar-refractivity contribution < 1.29 is 9.47 Å². The van der Waals surface area contributed by atoms with Crippen molar-refractivity contribution in [3.8, 4) is 11.5 Å². The molecule has 5 nitrogen and oxygen atoms in total. The number of aromatic nitrogens is 3. The summed E-state index contributed by atoms with van der Waals surface area (Å²) < 4.78 is 10.6. The molecule has 0 unspecified atom stereocenters. The zero-order valence-corrected chi connectivity index (χ0v) is 13.4. The average molecular weight is 328 g/mol. The van der Waals surface area contributed by atoms with Crippen LogP contribution in [0, 0.1) is 0 Å². The zero-order chi connectivity index (χ0) is 16.2. The number of pyridine rings is 1. The lowest BCUT2D eigenvalue weighted by Crippen LogP contribution is -1.95. The fourth-order valence-electron chi connectivity index (χ4n) is 2.16. The molecule has 2 heterocycles. The summed E-state index contributed by atoms with van der Waals surface area (Å²) in [6.45, 7) is 0. The van der Waals surface area contributed by atoms with Gasteiger partial charge in [-0.05, 0) is 29.8 Å². The molecular formula is C17H14ClN3O2. The average Bonchev–Trinajstić information content (AvgIpc) is 2.59. The van der Waals surface area contributed by atoms with Gasteiger partial charge in [-0.15, -0.1) is 0 Å². The van der Waals surface area contributed by atoms with Crippen molar-refractivity contribution in [1.29, 1.82) is 0 Å². The van der Waals surface area contributed by atoms with E-state index in [1.807, 2.05) is 18.2 Å². The predicted molar refractivity (Wildman–Crippen MR) is 90.8 cm³/mol. The van der Waals surface area contributed by atoms with Crippen molar-refractivity contribution in [2.75, 3.05) is 14.2 Å². The number of halogens is 1. The molecule has 0 aliphatic rings. The fourth-order valence-corrected chi connectivity index (χ4v) is 2.39. The Hall–Kier alpha value is -2.66. The highest BCUT2D eigenvalue weighted by atomic mass is 35.5. The first-order valence-electron chi connectivity index (χ1n) is 6.88. The molecule has 3 rings (SSSR count). The van der Waals surface area contributed by atoms with Gasteiger partial charge in [0, 0.05) is 23.8 Å². The molecule has 0 atom stereocenters. The van der Waals surface area contributed by atoms with Crippen molar-refractivity contribution >= 4 is 34.7 Å². The molecular weight excluding hydrogens is 314 g/mol. The van der Waals surface area contributed by atoms with E-state index in [0.717, 1.165) is 5.56 Å². The van der Waals surface area contributed by atoms with Crippen molar-refractivity contribution in [3.05, 3.63) is 53.2 Å². The minimum Gasteiger partial charge on any atom is -0.493 e. The van der Waals surface area contributed by atoms with E-state index in [-0.39, 0.29) is 0 Å². The number of rotatable bonds is 4. The maximum atomic E-state index is 6.27. The van der Waals surface area contributed by atoms with Crippen LogP contribution in [-0.2, 0) is 0 Å². The second-order valence-electron chi connectivity index (χ2n) is 4.72. The number of fused-ring (bicyclic) bond motifs is 1. The van der Waals surface area contributed by atoms with Gasteiger partial charge in [-0.3, -0.25) is 4.98 Å². The summed E-state index contributed by atoms with van der Waals surface area (Å²) in [7, 11) is 3.15. The van der Waals surface area contributed by atoms with Crippen LogP contribution >= 0.6 is 11.6 Å². The van der Waals surface area contributed by atoms with E-state index in [9.17, 15) is 0 Å². The van der Waals surface area contributed by atoms with Crippen LogP contribution in [0.4, 0.5) is 0 Å². The van der Waals surface area contributed by atoms with E-state index in [4.69, 9.17) is 21.1 Å².